The molecule has 2 atom stereocenters. The summed E-state index contributed by atoms with van der Waals surface area (Å²) in [4.78, 5) is 48.4. The van der Waals surface area contributed by atoms with E-state index in [0.717, 1.165) is 12.1 Å². The number of rotatable bonds is 10. The lowest BCUT2D eigenvalue weighted by Crippen LogP contribution is -2.52. The highest BCUT2D eigenvalue weighted by Gasteiger charge is 2.30. The van der Waals surface area contributed by atoms with Crippen LogP contribution in [0.1, 0.15) is 40.0 Å². The Kier molecular flexibility index (Phi) is 8.87. The maximum absolute atomic E-state index is 14.6. The van der Waals surface area contributed by atoms with Crippen molar-refractivity contribution in [2.45, 2.75) is 31.8 Å². The summed E-state index contributed by atoms with van der Waals surface area (Å²) in [6.45, 7) is 1.67. The number of para-hydroxylation sites is 2. The number of nitrogens with zero attached hydrogens (tertiary/aromatic N) is 2. The van der Waals surface area contributed by atoms with E-state index >= 15 is 0 Å². The molecule has 1 unspecified atom stereocenters. The zero-order chi connectivity index (χ0) is 30.5. The van der Waals surface area contributed by atoms with Crippen molar-refractivity contribution in [2.24, 2.45) is 0 Å². The van der Waals surface area contributed by atoms with Crippen LogP contribution in [0.2, 0.25) is 5.02 Å². The first-order chi connectivity index (χ1) is 20.7. The molecule has 0 aliphatic carbocycles. The van der Waals surface area contributed by atoms with E-state index in [-0.39, 0.29) is 17.9 Å². The maximum atomic E-state index is 14.6. The van der Waals surface area contributed by atoms with Gasteiger partial charge in [-0.2, -0.15) is 0 Å². The number of oxazole rings is 1. The van der Waals surface area contributed by atoms with Crippen molar-refractivity contribution in [1.82, 2.24) is 20.6 Å². The summed E-state index contributed by atoms with van der Waals surface area (Å²) in [5.74, 6) is -4.09. The molecule has 43 heavy (non-hydrogen) atoms. The molecule has 3 aromatic carbocycles. The average Bonchev–Trinajstić information content (AvgIpc) is 3.45. The molecule has 2 aromatic heterocycles. The number of aromatic nitrogens is 2. The topological polar surface area (TPSA) is 114 Å². The van der Waals surface area contributed by atoms with Crippen LogP contribution in [0.3, 0.4) is 0 Å². The SMILES string of the molecule is CCC(NC(=O)[C@H](Cc1c(F)cccc1F)NC(=O)c1ccc(-c2ccccc2Cl)nc1)C(=O)c1nc2ccccc2o1. The molecule has 0 aliphatic rings. The van der Waals surface area contributed by atoms with Crippen LogP contribution in [-0.4, -0.2) is 39.6 Å². The molecular formula is C32H25ClF2N4O4. The molecule has 0 bridgehead atoms. The van der Waals surface area contributed by atoms with Gasteiger partial charge in [0.25, 0.3) is 11.8 Å². The summed E-state index contributed by atoms with van der Waals surface area (Å²) in [6, 6.07) is 17.7. The minimum Gasteiger partial charge on any atom is -0.434 e. The second kappa shape index (κ2) is 12.9. The molecule has 0 saturated heterocycles. The summed E-state index contributed by atoms with van der Waals surface area (Å²) in [6.07, 6.45) is 0.943. The van der Waals surface area contributed by atoms with E-state index in [4.69, 9.17) is 16.0 Å². The van der Waals surface area contributed by atoms with Gasteiger partial charge in [0.1, 0.15) is 23.2 Å². The molecule has 8 nitrogen and oxygen atoms in total. The van der Waals surface area contributed by atoms with E-state index in [1.807, 2.05) is 0 Å². The highest BCUT2D eigenvalue weighted by molar-refractivity contribution is 6.33. The third-order valence-corrected chi connectivity index (χ3v) is 7.14. The largest absolute Gasteiger partial charge is 0.434 e. The van der Waals surface area contributed by atoms with Gasteiger partial charge in [-0.3, -0.25) is 19.4 Å². The highest BCUT2D eigenvalue weighted by atomic mass is 35.5. The van der Waals surface area contributed by atoms with Crippen LogP contribution in [0.4, 0.5) is 8.78 Å². The highest BCUT2D eigenvalue weighted by Crippen LogP contribution is 2.26. The molecular weight excluding hydrogens is 578 g/mol. The van der Waals surface area contributed by atoms with Gasteiger partial charge < -0.3 is 15.1 Å². The lowest BCUT2D eigenvalue weighted by molar-refractivity contribution is -0.123. The molecule has 0 aliphatic heterocycles. The minimum absolute atomic E-state index is 0.0946. The van der Waals surface area contributed by atoms with Crippen LogP contribution in [0.25, 0.3) is 22.4 Å². The molecule has 0 radical (unpaired) electrons. The number of nitrogens with one attached hydrogen (secondary N) is 2. The average molecular weight is 603 g/mol. The molecule has 0 fully saturated rings. The normalized spacial score (nSPS) is 12.5. The molecule has 5 aromatic rings. The number of ketones is 1. The van der Waals surface area contributed by atoms with Crippen molar-refractivity contribution in [3.63, 3.8) is 0 Å². The molecule has 2 heterocycles. The van der Waals surface area contributed by atoms with Crippen LogP contribution in [0.5, 0.6) is 0 Å². The van der Waals surface area contributed by atoms with E-state index in [9.17, 15) is 23.2 Å². The number of fused-ring (bicyclic) bond motifs is 1. The van der Waals surface area contributed by atoms with Crippen molar-refractivity contribution in [3.8, 4) is 11.3 Å². The fourth-order valence-electron chi connectivity index (χ4n) is 4.49. The molecule has 5 rings (SSSR count). The fraction of sp³-hybridized carbons (Fsp3) is 0.156. The summed E-state index contributed by atoms with van der Waals surface area (Å²) >= 11 is 6.24. The van der Waals surface area contributed by atoms with Gasteiger partial charge in [-0.05, 0) is 48.9 Å². The van der Waals surface area contributed by atoms with Crippen molar-refractivity contribution in [2.75, 3.05) is 0 Å². The van der Waals surface area contributed by atoms with E-state index in [0.29, 0.717) is 27.4 Å². The Hall–Kier alpha value is -4.96. The van der Waals surface area contributed by atoms with Crippen molar-refractivity contribution < 1.29 is 27.6 Å². The Labute approximate surface area is 250 Å². The van der Waals surface area contributed by atoms with Gasteiger partial charge in [-0.15, -0.1) is 0 Å². The molecule has 2 N–H and O–H groups in total. The number of halogens is 3. The minimum atomic E-state index is -1.45. The van der Waals surface area contributed by atoms with Crippen LogP contribution < -0.4 is 10.6 Å². The number of carbonyl (C=O) groups is 3. The number of hydrogen-bond acceptors (Lipinski definition) is 6. The quantitative estimate of drug-likeness (QED) is 0.191. The lowest BCUT2D eigenvalue weighted by atomic mass is 10.0. The number of benzene rings is 3. The van der Waals surface area contributed by atoms with Crippen molar-refractivity contribution in [1.29, 1.82) is 0 Å². The first kappa shape index (κ1) is 29.5. The lowest BCUT2D eigenvalue weighted by Gasteiger charge is -2.22. The van der Waals surface area contributed by atoms with Crippen LogP contribution in [-0.2, 0) is 11.2 Å². The Morgan fingerprint density at radius 3 is 2.28 bits per heavy atom. The second-order valence-corrected chi connectivity index (χ2v) is 10.1. The van der Waals surface area contributed by atoms with Gasteiger partial charge in [0, 0.05) is 28.8 Å². The maximum Gasteiger partial charge on any atom is 0.266 e. The first-order valence-corrected chi connectivity index (χ1v) is 13.8. The van der Waals surface area contributed by atoms with E-state index in [2.05, 4.69) is 20.6 Å². The third kappa shape index (κ3) is 6.60. The van der Waals surface area contributed by atoms with Gasteiger partial charge in [-0.1, -0.05) is 54.9 Å². The smallest absolute Gasteiger partial charge is 0.266 e. The monoisotopic (exact) mass is 602 g/mol. The Balaban J connectivity index is 1.38. The number of carbonyl (C=O) groups excluding carboxylic acids is 3. The second-order valence-electron chi connectivity index (χ2n) is 9.66. The van der Waals surface area contributed by atoms with Gasteiger partial charge >= 0.3 is 0 Å². The van der Waals surface area contributed by atoms with Crippen LogP contribution in [0, 0.1) is 11.6 Å². The Morgan fingerprint density at radius 2 is 1.60 bits per heavy atom. The standard InChI is InChI=1S/C32H25ClF2N4O4/c1-2-24(29(40)32-39-26-12-5-6-13-28(26)43-32)37-31(42)27(16-20-22(34)10-7-11-23(20)35)38-30(41)18-14-15-25(36-17-18)19-8-3-4-9-21(19)33/h3-15,17,24,27H,2,16H2,1H3,(H,37,42)(H,38,41)/t24?,27-/m0/s1. The van der Waals surface area contributed by atoms with E-state index in [1.165, 1.54) is 18.3 Å². The molecule has 11 heteroatoms. The van der Waals surface area contributed by atoms with Gasteiger partial charge in [0.05, 0.1) is 17.3 Å². The molecule has 2 amide bonds. The zero-order valence-electron chi connectivity index (χ0n) is 22.8. The Bertz CT molecular complexity index is 1760. The van der Waals surface area contributed by atoms with Gasteiger partial charge in [0.15, 0.2) is 5.58 Å². The first-order valence-electron chi connectivity index (χ1n) is 13.4. The summed E-state index contributed by atoms with van der Waals surface area (Å²) in [7, 11) is 0. The van der Waals surface area contributed by atoms with Crippen molar-refractivity contribution >= 4 is 40.3 Å². The summed E-state index contributed by atoms with van der Waals surface area (Å²) in [5, 5.41) is 5.60. The van der Waals surface area contributed by atoms with Gasteiger partial charge in [-0.25, -0.2) is 13.8 Å². The zero-order valence-corrected chi connectivity index (χ0v) is 23.6. The summed E-state index contributed by atoms with van der Waals surface area (Å²) < 4.78 is 34.7. The predicted molar refractivity (Wildman–Crippen MR) is 157 cm³/mol. The molecule has 218 valence electrons. The fourth-order valence-corrected chi connectivity index (χ4v) is 4.72. The Morgan fingerprint density at radius 1 is 0.884 bits per heavy atom. The van der Waals surface area contributed by atoms with Crippen LogP contribution in [0.15, 0.2) is 89.5 Å². The molecule has 0 saturated carbocycles. The van der Waals surface area contributed by atoms with Crippen molar-refractivity contribution in [3.05, 3.63) is 119 Å². The molecule has 0 spiro atoms. The number of amides is 2. The number of Topliss-reactive ketones (excluding diaryl/α,β-unsaturated/α-hetero) is 1. The van der Waals surface area contributed by atoms with E-state index < -0.39 is 53.3 Å². The van der Waals surface area contributed by atoms with Crippen LogP contribution >= 0.6 is 11.6 Å². The number of hydrogen-bond donors (Lipinski definition) is 2. The summed E-state index contributed by atoms with van der Waals surface area (Å²) in [5.41, 5.74) is 1.76. The third-order valence-electron chi connectivity index (χ3n) is 6.81. The predicted octanol–water partition coefficient (Wildman–Crippen LogP) is 5.94. The van der Waals surface area contributed by atoms with Gasteiger partial charge in [0.2, 0.25) is 11.7 Å². The number of pyridine rings is 1. The van der Waals surface area contributed by atoms with E-state index in [1.54, 1.807) is 61.5 Å².